The highest BCUT2D eigenvalue weighted by atomic mass is 35.5. The Labute approximate surface area is 131 Å². The second-order valence-corrected chi connectivity index (χ2v) is 5.33. The number of fused-ring (bicyclic) bond motifs is 1. The molecule has 0 aliphatic heterocycles. The largest absolute Gasteiger partial charge is 0.374 e. The summed E-state index contributed by atoms with van der Waals surface area (Å²) in [5.74, 6) is 0.774. The minimum Gasteiger partial charge on any atom is -0.374 e. The van der Waals surface area contributed by atoms with Crippen LogP contribution in [0, 0.1) is 10.1 Å². The lowest BCUT2D eigenvalue weighted by atomic mass is 10.2. The number of para-hydroxylation sites is 2. The van der Waals surface area contributed by atoms with Gasteiger partial charge in [0.25, 0.3) is 5.69 Å². The van der Waals surface area contributed by atoms with Crippen LogP contribution in [0.5, 0.6) is 0 Å². The van der Waals surface area contributed by atoms with Gasteiger partial charge in [0.15, 0.2) is 0 Å². The van der Waals surface area contributed by atoms with Crippen LogP contribution >= 0.6 is 11.6 Å². The van der Waals surface area contributed by atoms with E-state index in [2.05, 4.69) is 15.3 Å². The minimum atomic E-state index is -0.474. The summed E-state index contributed by atoms with van der Waals surface area (Å²) in [4.78, 5) is 18.0. The molecule has 22 heavy (non-hydrogen) atoms. The van der Waals surface area contributed by atoms with Crippen LogP contribution < -0.4 is 5.32 Å². The molecule has 3 aromatic rings. The summed E-state index contributed by atoms with van der Waals surface area (Å²) in [6.07, 6.45) is 0. The number of hydrogen-bond donors (Lipinski definition) is 2. The highest BCUT2D eigenvalue weighted by molar-refractivity contribution is 6.33. The number of nitro benzene ring substituents is 1. The third-order valence-corrected chi connectivity index (χ3v) is 3.67. The maximum atomic E-state index is 10.7. The first-order valence-corrected chi connectivity index (χ1v) is 7.07. The first-order chi connectivity index (χ1) is 10.5. The zero-order valence-corrected chi connectivity index (χ0v) is 12.5. The van der Waals surface area contributed by atoms with Crippen LogP contribution in [0.2, 0.25) is 5.02 Å². The van der Waals surface area contributed by atoms with Crippen LogP contribution in [0.1, 0.15) is 18.8 Å². The molecule has 0 aliphatic carbocycles. The topological polar surface area (TPSA) is 83.8 Å². The summed E-state index contributed by atoms with van der Waals surface area (Å²) in [5, 5.41) is 14.2. The van der Waals surface area contributed by atoms with Crippen molar-refractivity contribution in [3.05, 3.63) is 63.4 Å². The van der Waals surface area contributed by atoms with Gasteiger partial charge in [-0.25, -0.2) is 4.98 Å². The van der Waals surface area contributed by atoms with Crippen molar-refractivity contribution in [1.29, 1.82) is 0 Å². The molecule has 1 heterocycles. The lowest BCUT2D eigenvalue weighted by Crippen LogP contribution is -2.08. The fourth-order valence-corrected chi connectivity index (χ4v) is 2.44. The molecule has 112 valence electrons. The summed E-state index contributed by atoms with van der Waals surface area (Å²) in [6, 6.07) is 12.0. The Kier molecular flexibility index (Phi) is 3.68. The molecular formula is C15H13ClN4O2. The number of nitrogens with zero attached hydrogens (tertiary/aromatic N) is 2. The first kappa shape index (κ1) is 14.3. The predicted molar refractivity (Wildman–Crippen MR) is 86.2 cm³/mol. The molecule has 2 aromatic carbocycles. The Morgan fingerprint density at radius 3 is 2.77 bits per heavy atom. The number of imidazole rings is 1. The number of nitrogens with one attached hydrogen (secondary N) is 2. The molecule has 0 saturated carbocycles. The monoisotopic (exact) mass is 316 g/mol. The van der Waals surface area contributed by atoms with E-state index in [0.717, 1.165) is 16.9 Å². The molecule has 6 nitrogen and oxygen atoms in total. The molecule has 0 amide bonds. The van der Waals surface area contributed by atoms with E-state index in [-0.39, 0.29) is 11.7 Å². The maximum Gasteiger partial charge on any atom is 0.271 e. The third-order valence-electron chi connectivity index (χ3n) is 3.35. The average molecular weight is 317 g/mol. The van der Waals surface area contributed by atoms with E-state index in [9.17, 15) is 10.1 Å². The molecule has 3 rings (SSSR count). The molecule has 0 bridgehead atoms. The smallest absolute Gasteiger partial charge is 0.271 e. The first-order valence-electron chi connectivity index (χ1n) is 6.70. The fourth-order valence-electron chi connectivity index (χ4n) is 2.21. The van der Waals surface area contributed by atoms with Gasteiger partial charge in [-0.1, -0.05) is 23.7 Å². The van der Waals surface area contributed by atoms with Crippen molar-refractivity contribution in [2.75, 3.05) is 5.32 Å². The number of benzene rings is 2. The molecule has 0 saturated heterocycles. The molecule has 1 aromatic heterocycles. The zero-order valence-electron chi connectivity index (χ0n) is 11.7. The molecule has 0 radical (unpaired) electrons. The van der Waals surface area contributed by atoms with Crippen molar-refractivity contribution in [2.24, 2.45) is 0 Å². The summed E-state index contributed by atoms with van der Waals surface area (Å²) in [6.45, 7) is 1.94. The van der Waals surface area contributed by atoms with Crippen LogP contribution in [0.3, 0.4) is 0 Å². The molecule has 1 atom stereocenters. The Bertz CT molecular complexity index is 813. The van der Waals surface area contributed by atoms with E-state index >= 15 is 0 Å². The normalized spacial score (nSPS) is 12.3. The van der Waals surface area contributed by atoms with Crippen molar-refractivity contribution in [3.8, 4) is 0 Å². The van der Waals surface area contributed by atoms with Crippen LogP contribution in [-0.2, 0) is 0 Å². The molecule has 2 N–H and O–H groups in total. The molecule has 1 unspecified atom stereocenters. The molecular weight excluding hydrogens is 304 g/mol. The summed E-state index contributed by atoms with van der Waals surface area (Å²) in [7, 11) is 0. The summed E-state index contributed by atoms with van der Waals surface area (Å²) < 4.78 is 0. The molecule has 0 spiro atoms. The second kappa shape index (κ2) is 5.65. The van der Waals surface area contributed by atoms with E-state index in [1.54, 1.807) is 6.07 Å². The SMILES string of the molecule is CC(Nc1ccc([N+](=O)[O-])cc1Cl)c1nc2ccccc2[nH]1. The van der Waals surface area contributed by atoms with Gasteiger partial charge in [-0.2, -0.15) is 0 Å². The van der Waals surface area contributed by atoms with Gasteiger partial charge in [0.1, 0.15) is 5.82 Å². The van der Waals surface area contributed by atoms with Gasteiger partial charge in [0, 0.05) is 12.1 Å². The Morgan fingerprint density at radius 2 is 2.09 bits per heavy atom. The Morgan fingerprint density at radius 1 is 1.32 bits per heavy atom. The van der Waals surface area contributed by atoms with Gasteiger partial charge in [-0.3, -0.25) is 10.1 Å². The van der Waals surface area contributed by atoms with Crippen molar-refractivity contribution in [3.63, 3.8) is 0 Å². The minimum absolute atomic E-state index is 0.0352. The number of non-ortho nitro benzene ring substituents is 1. The van der Waals surface area contributed by atoms with E-state index < -0.39 is 4.92 Å². The van der Waals surface area contributed by atoms with Crippen molar-refractivity contribution < 1.29 is 4.92 Å². The lowest BCUT2D eigenvalue weighted by molar-refractivity contribution is -0.384. The molecule has 7 heteroatoms. The van der Waals surface area contributed by atoms with Crippen molar-refractivity contribution in [2.45, 2.75) is 13.0 Å². The van der Waals surface area contributed by atoms with Crippen LogP contribution in [0.4, 0.5) is 11.4 Å². The second-order valence-electron chi connectivity index (χ2n) is 4.93. The zero-order chi connectivity index (χ0) is 15.7. The van der Waals surface area contributed by atoms with Crippen molar-refractivity contribution in [1.82, 2.24) is 9.97 Å². The van der Waals surface area contributed by atoms with Crippen LogP contribution in [0.25, 0.3) is 11.0 Å². The van der Waals surface area contributed by atoms with Crippen LogP contribution in [-0.4, -0.2) is 14.9 Å². The van der Waals surface area contributed by atoms with Gasteiger partial charge in [0.05, 0.1) is 32.7 Å². The lowest BCUT2D eigenvalue weighted by Gasteiger charge is -2.14. The summed E-state index contributed by atoms with van der Waals surface area (Å²) >= 11 is 6.09. The highest BCUT2D eigenvalue weighted by Gasteiger charge is 2.14. The molecule has 0 aliphatic rings. The van der Waals surface area contributed by atoms with Gasteiger partial charge in [-0.15, -0.1) is 0 Å². The number of nitro groups is 1. The number of hydrogen-bond acceptors (Lipinski definition) is 4. The summed E-state index contributed by atoms with van der Waals surface area (Å²) in [5.41, 5.74) is 2.44. The fraction of sp³-hybridized carbons (Fsp3) is 0.133. The van der Waals surface area contributed by atoms with Gasteiger partial charge in [-0.05, 0) is 25.1 Å². The number of rotatable bonds is 4. The van der Waals surface area contributed by atoms with E-state index in [4.69, 9.17) is 11.6 Å². The number of aromatic nitrogens is 2. The Hall–Kier alpha value is -2.60. The van der Waals surface area contributed by atoms with E-state index in [0.29, 0.717) is 10.7 Å². The number of aromatic amines is 1. The van der Waals surface area contributed by atoms with E-state index in [1.807, 2.05) is 31.2 Å². The molecule has 0 fully saturated rings. The quantitative estimate of drug-likeness (QED) is 0.555. The standard InChI is InChI=1S/C15H13ClN4O2/c1-9(15-18-13-4-2-3-5-14(13)19-15)17-12-7-6-10(20(21)22)8-11(12)16/h2-9,17H,1H3,(H,18,19). The average Bonchev–Trinajstić information content (AvgIpc) is 2.93. The highest BCUT2D eigenvalue weighted by Crippen LogP contribution is 2.29. The van der Waals surface area contributed by atoms with Gasteiger partial charge >= 0.3 is 0 Å². The number of halogens is 1. The maximum absolute atomic E-state index is 10.7. The van der Waals surface area contributed by atoms with E-state index in [1.165, 1.54) is 12.1 Å². The predicted octanol–water partition coefficient (Wildman–Crippen LogP) is 4.30. The third kappa shape index (κ3) is 2.73. The van der Waals surface area contributed by atoms with Gasteiger partial charge < -0.3 is 10.3 Å². The number of anilines is 1. The van der Waals surface area contributed by atoms with Crippen LogP contribution in [0.15, 0.2) is 42.5 Å². The number of H-pyrrole nitrogens is 1. The Balaban J connectivity index is 1.84. The van der Waals surface area contributed by atoms with Crippen molar-refractivity contribution >= 4 is 34.0 Å². The van der Waals surface area contributed by atoms with Gasteiger partial charge in [0.2, 0.25) is 0 Å².